The highest BCUT2D eigenvalue weighted by atomic mass is 35.5. The first kappa shape index (κ1) is 25.7. The molecular formula is C26H32ClN3O4S. The molecule has 0 N–H and O–H groups in total. The summed E-state index contributed by atoms with van der Waals surface area (Å²) in [5.74, 6) is 0.262. The average molecular weight is 518 g/mol. The van der Waals surface area contributed by atoms with E-state index >= 15 is 0 Å². The normalized spacial score (nSPS) is 18.7. The van der Waals surface area contributed by atoms with Crippen LogP contribution in [0, 0.1) is 5.92 Å². The molecule has 2 saturated heterocycles. The number of ether oxygens (including phenoxy) is 1. The third-order valence-electron chi connectivity index (χ3n) is 6.70. The first-order valence-electron chi connectivity index (χ1n) is 11.9. The summed E-state index contributed by atoms with van der Waals surface area (Å²) >= 11 is 6.04. The minimum atomic E-state index is -3.75. The van der Waals surface area contributed by atoms with Gasteiger partial charge in [-0.1, -0.05) is 54.1 Å². The summed E-state index contributed by atoms with van der Waals surface area (Å²) in [5, 5.41) is 0.337. The molecule has 0 aromatic heterocycles. The maximum atomic E-state index is 13.2. The third kappa shape index (κ3) is 6.25. The molecule has 0 unspecified atom stereocenters. The standard InChI is InChI=1S/C26H32ClN3O4S/c1-34-24-10-9-23(27)20-25(24)35(32,33)30-14-11-22(12-15-30)26(31)29-18-16-28(17-19-29)13-5-8-21-6-3-2-4-7-21/h2-10,20,22H,11-19H2,1H3/b8-5+. The van der Waals surface area contributed by atoms with Crippen LogP contribution in [0.25, 0.3) is 6.08 Å². The van der Waals surface area contributed by atoms with Gasteiger partial charge in [0.15, 0.2) is 0 Å². The zero-order valence-corrected chi connectivity index (χ0v) is 21.5. The number of hydrogen-bond acceptors (Lipinski definition) is 5. The summed E-state index contributed by atoms with van der Waals surface area (Å²) in [5.41, 5.74) is 1.18. The maximum Gasteiger partial charge on any atom is 0.246 e. The number of halogens is 1. The molecule has 2 aliphatic heterocycles. The molecule has 35 heavy (non-hydrogen) atoms. The van der Waals surface area contributed by atoms with Crippen molar-refractivity contribution in [3.63, 3.8) is 0 Å². The minimum Gasteiger partial charge on any atom is -0.495 e. The minimum absolute atomic E-state index is 0.0645. The Balaban J connectivity index is 1.27. The smallest absolute Gasteiger partial charge is 0.246 e. The molecule has 2 aromatic rings. The molecule has 188 valence electrons. The SMILES string of the molecule is COc1ccc(Cl)cc1S(=O)(=O)N1CCC(C(=O)N2CCN(C/C=C/c3ccccc3)CC2)CC1. The van der Waals surface area contributed by atoms with Crippen LogP contribution in [-0.2, 0) is 14.8 Å². The van der Waals surface area contributed by atoms with E-state index in [0.29, 0.717) is 44.0 Å². The van der Waals surface area contributed by atoms with Gasteiger partial charge >= 0.3 is 0 Å². The second-order valence-corrected chi connectivity index (χ2v) is 11.3. The number of piperidine rings is 1. The Bertz CT molecular complexity index is 1140. The molecule has 2 aliphatic rings. The van der Waals surface area contributed by atoms with Crippen LogP contribution >= 0.6 is 11.6 Å². The van der Waals surface area contributed by atoms with Gasteiger partial charge in [-0.3, -0.25) is 9.69 Å². The Morgan fingerprint density at radius 1 is 1.03 bits per heavy atom. The Hall–Kier alpha value is -2.39. The highest BCUT2D eigenvalue weighted by Crippen LogP contribution is 2.32. The van der Waals surface area contributed by atoms with E-state index in [9.17, 15) is 13.2 Å². The molecule has 0 saturated carbocycles. The summed E-state index contributed by atoms with van der Waals surface area (Å²) in [6.45, 7) is 4.56. The van der Waals surface area contributed by atoms with E-state index in [1.165, 1.54) is 23.0 Å². The summed E-state index contributed by atoms with van der Waals surface area (Å²) in [7, 11) is -2.31. The fraction of sp³-hybridized carbons (Fsp3) is 0.423. The number of carbonyl (C=O) groups is 1. The monoisotopic (exact) mass is 517 g/mol. The van der Waals surface area contributed by atoms with Crippen molar-refractivity contribution in [2.45, 2.75) is 17.7 Å². The molecule has 7 nitrogen and oxygen atoms in total. The summed E-state index contributed by atoms with van der Waals surface area (Å²) < 4.78 is 33.1. The molecule has 2 heterocycles. The lowest BCUT2D eigenvalue weighted by molar-refractivity contribution is -0.138. The number of benzene rings is 2. The molecule has 2 aromatic carbocycles. The molecule has 0 atom stereocenters. The number of piperazine rings is 1. The Kier molecular flexibility index (Phi) is 8.49. The van der Waals surface area contributed by atoms with Gasteiger partial charge in [-0.2, -0.15) is 4.31 Å². The van der Waals surface area contributed by atoms with Crippen LogP contribution in [0.5, 0.6) is 5.75 Å². The second-order valence-electron chi connectivity index (χ2n) is 8.91. The number of sulfonamides is 1. The highest BCUT2D eigenvalue weighted by Gasteiger charge is 2.35. The Labute approximate surface area is 213 Å². The lowest BCUT2D eigenvalue weighted by atomic mass is 9.96. The van der Waals surface area contributed by atoms with Crippen molar-refractivity contribution < 1.29 is 17.9 Å². The van der Waals surface area contributed by atoms with Gasteiger partial charge in [0.25, 0.3) is 0 Å². The molecule has 0 aliphatic carbocycles. The molecule has 0 radical (unpaired) electrons. The van der Waals surface area contributed by atoms with Crippen molar-refractivity contribution in [3.05, 3.63) is 65.2 Å². The average Bonchev–Trinajstić information content (AvgIpc) is 2.89. The topological polar surface area (TPSA) is 70.2 Å². The molecule has 0 spiro atoms. The maximum absolute atomic E-state index is 13.2. The first-order valence-corrected chi connectivity index (χ1v) is 13.8. The van der Waals surface area contributed by atoms with Crippen molar-refractivity contribution >= 4 is 33.6 Å². The van der Waals surface area contributed by atoms with Crippen molar-refractivity contribution in [1.82, 2.24) is 14.1 Å². The van der Waals surface area contributed by atoms with Gasteiger partial charge in [-0.15, -0.1) is 0 Å². The van der Waals surface area contributed by atoms with E-state index in [-0.39, 0.29) is 22.5 Å². The second kappa shape index (κ2) is 11.6. The van der Waals surface area contributed by atoms with Crippen LogP contribution in [0.15, 0.2) is 59.5 Å². The lowest BCUT2D eigenvalue weighted by Crippen LogP contribution is -2.51. The molecule has 2 fully saturated rings. The van der Waals surface area contributed by atoms with E-state index in [4.69, 9.17) is 16.3 Å². The number of amides is 1. The predicted molar refractivity (Wildman–Crippen MR) is 138 cm³/mol. The highest BCUT2D eigenvalue weighted by molar-refractivity contribution is 7.89. The number of nitrogens with zero attached hydrogens (tertiary/aromatic N) is 3. The van der Waals surface area contributed by atoms with Crippen molar-refractivity contribution in [2.75, 3.05) is 52.9 Å². The van der Waals surface area contributed by atoms with Crippen LogP contribution in [0.2, 0.25) is 5.02 Å². The van der Waals surface area contributed by atoms with Crippen molar-refractivity contribution in [3.8, 4) is 5.75 Å². The summed E-state index contributed by atoms with van der Waals surface area (Å²) in [6.07, 6.45) is 5.32. The van der Waals surface area contributed by atoms with Crippen LogP contribution in [0.4, 0.5) is 0 Å². The third-order valence-corrected chi connectivity index (χ3v) is 8.86. The quantitative estimate of drug-likeness (QED) is 0.561. The zero-order chi connectivity index (χ0) is 24.8. The number of rotatable bonds is 7. The first-order chi connectivity index (χ1) is 16.9. The van der Waals surface area contributed by atoms with E-state index in [2.05, 4.69) is 29.2 Å². The van der Waals surface area contributed by atoms with Crippen LogP contribution in [0.3, 0.4) is 0 Å². The Morgan fingerprint density at radius 3 is 2.37 bits per heavy atom. The van der Waals surface area contributed by atoms with Crippen LogP contribution < -0.4 is 4.74 Å². The number of hydrogen-bond donors (Lipinski definition) is 0. The fourth-order valence-corrected chi connectivity index (χ4v) is 6.53. The van der Waals surface area contributed by atoms with E-state index in [0.717, 1.165) is 19.6 Å². The van der Waals surface area contributed by atoms with Gasteiger partial charge in [-0.05, 0) is 36.6 Å². The van der Waals surface area contributed by atoms with Gasteiger partial charge in [-0.25, -0.2) is 8.42 Å². The molecule has 1 amide bonds. The lowest BCUT2D eigenvalue weighted by Gasteiger charge is -2.38. The van der Waals surface area contributed by atoms with Gasteiger partial charge in [0.1, 0.15) is 10.6 Å². The zero-order valence-electron chi connectivity index (χ0n) is 20.0. The Morgan fingerprint density at radius 2 is 1.71 bits per heavy atom. The molecule has 0 bridgehead atoms. The molecule has 4 rings (SSSR count). The van der Waals surface area contributed by atoms with Gasteiger partial charge < -0.3 is 9.64 Å². The predicted octanol–water partition coefficient (Wildman–Crippen LogP) is 3.61. The van der Waals surface area contributed by atoms with E-state index in [1.54, 1.807) is 12.1 Å². The van der Waals surface area contributed by atoms with Gasteiger partial charge in [0.2, 0.25) is 15.9 Å². The van der Waals surface area contributed by atoms with Crippen LogP contribution in [-0.4, -0.2) is 81.4 Å². The number of methoxy groups -OCH3 is 1. The summed E-state index contributed by atoms with van der Waals surface area (Å²) in [4.78, 5) is 17.5. The molecule has 9 heteroatoms. The molecular weight excluding hydrogens is 486 g/mol. The van der Waals surface area contributed by atoms with Crippen LogP contribution in [0.1, 0.15) is 18.4 Å². The van der Waals surface area contributed by atoms with E-state index < -0.39 is 10.0 Å². The van der Waals surface area contributed by atoms with Gasteiger partial charge in [0, 0.05) is 56.8 Å². The van der Waals surface area contributed by atoms with Crippen molar-refractivity contribution in [2.24, 2.45) is 5.92 Å². The van der Waals surface area contributed by atoms with Crippen molar-refractivity contribution in [1.29, 1.82) is 0 Å². The van der Waals surface area contributed by atoms with Gasteiger partial charge in [0.05, 0.1) is 7.11 Å². The fourth-order valence-electron chi connectivity index (χ4n) is 4.65. The summed E-state index contributed by atoms with van der Waals surface area (Å²) in [6, 6.07) is 14.8. The van der Waals surface area contributed by atoms with E-state index in [1.807, 2.05) is 23.1 Å². The number of carbonyl (C=O) groups excluding carboxylic acids is 1. The largest absolute Gasteiger partial charge is 0.495 e.